The minimum Gasteiger partial charge on any atom is -0.377 e. The molecule has 1 aliphatic rings. The molecule has 8 nitrogen and oxygen atoms in total. The lowest BCUT2D eigenvalue weighted by atomic mass is 10.1. The summed E-state index contributed by atoms with van der Waals surface area (Å²) >= 11 is 6.58. The fourth-order valence-corrected chi connectivity index (χ4v) is 3.80. The Kier molecular flexibility index (Phi) is 6.20. The largest absolute Gasteiger partial charge is 0.377 e. The molecule has 1 saturated heterocycles. The zero-order valence-electron chi connectivity index (χ0n) is 17.7. The van der Waals surface area contributed by atoms with Gasteiger partial charge in [0.1, 0.15) is 11.2 Å². The first-order valence-electron chi connectivity index (χ1n) is 10.1. The Hall–Kier alpha value is -2.97. The Morgan fingerprint density at radius 1 is 1.26 bits per heavy atom. The predicted octanol–water partition coefficient (Wildman–Crippen LogP) is 3.51. The molecule has 0 aliphatic carbocycles. The SMILES string of the molecule is Cc1ccc(Cn2nc(C)c(/C=C/C(=O)N3CCOCC3c3nc(C)no3)c2Cl)cc1. The number of halogens is 1. The number of nitrogens with zero attached hydrogens (tertiary/aromatic N) is 5. The number of aryl methyl sites for hydroxylation is 3. The maximum Gasteiger partial charge on any atom is 0.251 e. The minimum atomic E-state index is -0.409. The van der Waals surface area contributed by atoms with Gasteiger partial charge in [-0.2, -0.15) is 10.1 Å². The molecule has 162 valence electrons. The van der Waals surface area contributed by atoms with Crippen molar-refractivity contribution in [1.82, 2.24) is 24.8 Å². The second-order valence-electron chi connectivity index (χ2n) is 7.57. The Bertz CT molecular complexity index is 1100. The summed E-state index contributed by atoms with van der Waals surface area (Å²) in [6.45, 7) is 7.43. The highest BCUT2D eigenvalue weighted by molar-refractivity contribution is 6.31. The Balaban J connectivity index is 1.51. The normalized spacial score (nSPS) is 16.9. The van der Waals surface area contributed by atoms with Gasteiger partial charge in [0.2, 0.25) is 5.91 Å². The molecule has 1 atom stereocenters. The maximum atomic E-state index is 12.9. The molecular formula is C22H24ClN5O3. The lowest BCUT2D eigenvalue weighted by Gasteiger charge is -2.32. The summed E-state index contributed by atoms with van der Waals surface area (Å²) in [7, 11) is 0. The second-order valence-corrected chi connectivity index (χ2v) is 7.93. The zero-order chi connectivity index (χ0) is 22.0. The number of aromatic nitrogens is 4. The van der Waals surface area contributed by atoms with E-state index in [1.807, 2.05) is 13.8 Å². The highest BCUT2D eigenvalue weighted by Gasteiger charge is 2.31. The number of hydrogen-bond donors (Lipinski definition) is 0. The number of amides is 1. The van der Waals surface area contributed by atoms with Crippen molar-refractivity contribution in [2.75, 3.05) is 19.8 Å². The number of carbonyl (C=O) groups excluding carboxylic acids is 1. The highest BCUT2D eigenvalue weighted by Crippen LogP contribution is 2.25. The molecule has 3 aromatic rings. The molecule has 2 aromatic heterocycles. The van der Waals surface area contributed by atoms with E-state index in [2.05, 4.69) is 39.5 Å². The van der Waals surface area contributed by atoms with Crippen LogP contribution in [0.5, 0.6) is 0 Å². The van der Waals surface area contributed by atoms with Crippen molar-refractivity contribution in [3.8, 4) is 0 Å². The van der Waals surface area contributed by atoms with Crippen LogP contribution in [0.4, 0.5) is 0 Å². The van der Waals surface area contributed by atoms with Crippen LogP contribution in [-0.2, 0) is 16.1 Å². The van der Waals surface area contributed by atoms with E-state index in [1.165, 1.54) is 11.6 Å². The summed E-state index contributed by atoms with van der Waals surface area (Å²) in [6, 6.07) is 7.82. The van der Waals surface area contributed by atoms with Gasteiger partial charge in [-0.1, -0.05) is 46.6 Å². The number of carbonyl (C=O) groups is 1. The van der Waals surface area contributed by atoms with Crippen LogP contribution in [0.1, 0.15) is 40.1 Å². The van der Waals surface area contributed by atoms with E-state index in [0.717, 1.165) is 16.8 Å². The van der Waals surface area contributed by atoms with E-state index in [-0.39, 0.29) is 5.91 Å². The van der Waals surface area contributed by atoms with Crippen LogP contribution < -0.4 is 0 Å². The second kappa shape index (κ2) is 9.03. The topological polar surface area (TPSA) is 86.3 Å². The van der Waals surface area contributed by atoms with Gasteiger partial charge in [0.15, 0.2) is 5.82 Å². The monoisotopic (exact) mass is 441 g/mol. The number of ether oxygens (including phenoxy) is 1. The zero-order valence-corrected chi connectivity index (χ0v) is 18.5. The molecule has 1 fully saturated rings. The van der Waals surface area contributed by atoms with Crippen molar-refractivity contribution < 1.29 is 14.1 Å². The number of hydrogen-bond acceptors (Lipinski definition) is 6. The van der Waals surface area contributed by atoms with Crippen molar-refractivity contribution in [3.05, 3.63) is 69.6 Å². The van der Waals surface area contributed by atoms with E-state index < -0.39 is 6.04 Å². The van der Waals surface area contributed by atoms with Gasteiger partial charge in [0.05, 0.1) is 25.5 Å². The van der Waals surface area contributed by atoms with E-state index in [4.69, 9.17) is 20.9 Å². The molecule has 31 heavy (non-hydrogen) atoms. The highest BCUT2D eigenvalue weighted by atomic mass is 35.5. The Morgan fingerprint density at radius 2 is 2.03 bits per heavy atom. The third-order valence-corrected chi connectivity index (χ3v) is 5.59. The summed E-state index contributed by atoms with van der Waals surface area (Å²) in [5.74, 6) is 0.719. The van der Waals surface area contributed by atoms with Crippen LogP contribution >= 0.6 is 11.6 Å². The molecular weight excluding hydrogens is 418 g/mol. The van der Waals surface area contributed by atoms with E-state index in [9.17, 15) is 4.79 Å². The van der Waals surface area contributed by atoms with Crippen molar-refractivity contribution in [1.29, 1.82) is 0 Å². The van der Waals surface area contributed by atoms with Crippen LogP contribution in [0.3, 0.4) is 0 Å². The average molecular weight is 442 g/mol. The summed E-state index contributed by atoms with van der Waals surface area (Å²) in [6.07, 6.45) is 3.22. The summed E-state index contributed by atoms with van der Waals surface area (Å²) in [5, 5.41) is 8.85. The maximum absolute atomic E-state index is 12.9. The van der Waals surface area contributed by atoms with Gasteiger partial charge in [-0.3, -0.25) is 4.79 Å². The lowest BCUT2D eigenvalue weighted by molar-refractivity contribution is -0.135. The van der Waals surface area contributed by atoms with E-state index in [1.54, 1.807) is 22.6 Å². The number of morpholine rings is 1. The minimum absolute atomic E-state index is 0.175. The first-order valence-corrected chi connectivity index (χ1v) is 10.4. The fraction of sp³-hybridized carbons (Fsp3) is 0.364. The predicted molar refractivity (Wildman–Crippen MR) is 116 cm³/mol. The van der Waals surface area contributed by atoms with Gasteiger partial charge in [-0.05, 0) is 32.4 Å². The molecule has 9 heteroatoms. The quantitative estimate of drug-likeness (QED) is 0.563. The number of benzene rings is 1. The molecule has 1 unspecified atom stereocenters. The van der Waals surface area contributed by atoms with Crippen LogP contribution in [-0.4, -0.2) is 50.5 Å². The molecule has 0 radical (unpaired) electrons. The van der Waals surface area contributed by atoms with Gasteiger partial charge in [-0.25, -0.2) is 4.68 Å². The van der Waals surface area contributed by atoms with Gasteiger partial charge >= 0.3 is 0 Å². The molecule has 1 aromatic carbocycles. The van der Waals surface area contributed by atoms with Gasteiger partial charge in [0.25, 0.3) is 5.89 Å². The molecule has 3 heterocycles. The summed E-state index contributed by atoms with van der Waals surface area (Å²) in [4.78, 5) is 18.9. The molecule has 0 bridgehead atoms. The molecule has 1 amide bonds. The molecule has 1 aliphatic heterocycles. The first kappa shape index (κ1) is 21.3. The van der Waals surface area contributed by atoms with Crippen molar-refractivity contribution >= 4 is 23.6 Å². The first-order chi connectivity index (χ1) is 14.9. The Morgan fingerprint density at radius 3 is 2.74 bits per heavy atom. The molecule has 0 N–H and O–H groups in total. The van der Waals surface area contributed by atoms with Crippen LogP contribution in [0.25, 0.3) is 6.08 Å². The van der Waals surface area contributed by atoms with E-state index >= 15 is 0 Å². The van der Waals surface area contributed by atoms with Crippen LogP contribution in [0, 0.1) is 20.8 Å². The van der Waals surface area contributed by atoms with Crippen molar-refractivity contribution in [2.45, 2.75) is 33.4 Å². The summed E-state index contributed by atoms with van der Waals surface area (Å²) in [5.41, 5.74) is 3.78. The van der Waals surface area contributed by atoms with Gasteiger partial charge in [-0.15, -0.1) is 0 Å². The third-order valence-electron chi connectivity index (χ3n) is 5.19. The van der Waals surface area contributed by atoms with Gasteiger partial charge in [0, 0.05) is 18.2 Å². The van der Waals surface area contributed by atoms with Crippen molar-refractivity contribution in [2.24, 2.45) is 0 Å². The molecule has 0 saturated carbocycles. The van der Waals surface area contributed by atoms with Gasteiger partial charge < -0.3 is 14.2 Å². The molecule has 4 rings (SSSR count). The lowest BCUT2D eigenvalue weighted by Crippen LogP contribution is -2.42. The Labute approximate surface area is 185 Å². The van der Waals surface area contributed by atoms with E-state index in [0.29, 0.717) is 43.2 Å². The smallest absolute Gasteiger partial charge is 0.251 e. The molecule has 0 spiro atoms. The van der Waals surface area contributed by atoms with Crippen LogP contribution in [0.15, 0.2) is 34.9 Å². The third kappa shape index (κ3) is 4.70. The standard InChI is InChI=1S/C22H24ClN5O3/c1-14-4-6-17(7-5-14)12-28-21(23)18(15(2)25-28)8-9-20(29)27-10-11-30-13-19(27)22-24-16(3)26-31-22/h4-9,19H,10-13H2,1-3H3/b9-8+. The number of rotatable bonds is 5. The average Bonchev–Trinajstić information content (AvgIpc) is 3.31. The summed E-state index contributed by atoms with van der Waals surface area (Å²) < 4.78 is 12.5. The van der Waals surface area contributed by atoms with Crippen molar-refractivity contribution in [3.63, 3.8) is 0 Å². The van der Waals surface area contributed by atoms with Crippen LogP contribution in [0.2, 0.25) is 5.15 Å². The fourth-order valence-electron chi connectivity index (χ4n) is 3.50.